The minimum Gasteiger partial charge on any atom is -0.496 e. The number of ether oxygens (including phenoxy) is 1. The molecule has 2 N–H and O–H groups in total. The van der Waals surface area contributed by atoms with Crippen molar-refractivity contribution in [1.29, 1.82) is 0 Å². The number of fused-ring (bicyclic) bond motifs is 1. The van der Waals surface area contributed by atoms with E-state index < -0.39 is 0 Å². The smallest absolute Gasteiger partial charge is 0.191 e. The lowest BCUT2D eigenvalue weighted by Gasteiger charge is -2.12. The van der Waals surface area contributed by atoms with Crippen molar-refractivity contribution in [3.05, 3.63) is 65.1 Å². The maximum Gasteiger partial charge on any atom is 0.191 e. The number of pyridine rings is 1. The standard InChI is InChI=1S/C23H31N5O/c1-5-24-23(25-12-10-19-9-8-17(2)21(15-19)29-4)26-13-11-20-16-28-14-6-7-18(3)22(28)27-20/h6-9,14-16H,5,10-13H2,1-4H3,(H2,24,25,26). The molecule has 0 aliphatic carbocycles. The van der Waals surface area contributed by atoms with E-state index in [2.05, 4.69) is 66.3 Å². The van der Waals surface area contributed by atoms with Gasteiger partial charge < -0.3 is 19.8 Å². The van der Waals surface area contributed by atoms with Crippen LogP contribution in [-0.4, -0.2) is 42.1 Å². The van der Waals surface area contributed by atoms with Crippen molar-refractivity contribution in [3.63, 3.8) is 0 Å². The Morgan fingerprint density at radius 2 is 2.00 bits per heavy atom. The van der Waals surface area contributed by atoms with Crippen molar-refractivity contribution < 1.29 is 4.74 Å². The predicted molar refractivity (Wildman–Crippen MR) is 119 cm³/mol. The molecule has 0 saturated heterocycles. The number of rotatable bonds is 8. The van der Waals surface area contributed by atoms with Gasteiger partial charge >= 0.3 is 0 Å². The first kappa shape index (κ1) is 20.7. The Labute approximate surface area is 173 Å². The number of nitrogens with one attached hydrogen (secondary N) is 2. The van der Waals surface area contributed by atoms with E-state index in [0.29, 0.717) is 6.54 Å². The van der Waals surface area contributed by atoms with Crippen LogP contribution in [0.4, 0.5) is 0 Å². The normalized spacial score (nSPS) is 11.7. The van der Waals surface area contributed by atoms with Crippen LogP contribution in [-0.2, 0) is 12.8 Å². The third-order valence-corrected chi connectivity index (χ3v) is 4.89. The molecule has 0 unspecified atom stereocenters. The van der Waals surface area contributed by atoms with Crippen molar-refractivity contribution in [2.45, 2.75) is 33.6 Å². The fourth-order valence-electron chi connectivity index (χ4n) is 3.29. The van der Waals surface area contributed by atoms with Crippen molar-refractivity contribution >= 4 is 11.6 Å². The van der Waals surface area contributed by atoms with Gasteiger partial charge in [0.25, 0.3) is 0 Å². The van der Waals surface area contributed by atoms with Gasteiger partial charge in [0.15, 0.2) is 5.96 Å². The molecule has 0 saturated carbocycles. The lowest BCUT2D eigenvalue weighted by atomic mass is 10.1. The average molecular weight is 394 g/mol. The first-order chi connectivity index (χ1) is 14.1. The van der Waals surface area contributed by atoms with Gasteiger partial charge in [-0.15, -0.1) is 0 Å². The van der Waals surface area contributed by atoms with Crippen LogP contribution < -0.4 is 15.4 Å². The molecule has 154 valence electrons. The van der Waals surface area contributed by atoms with Crippen LogP contribution >= 0.6 is 0 Å². The van der Waals surface area contributed by atoms with Crippen LogP contribution in [0, 0.1) is 13.8 Å². The number of benzene rings is 1. The molecule has 29 heavy (non-hydrogen) atoms. The van der Waals surface area contributed by atoms with Crippen molar-refractivity contribution in [2.24, 2.45) is 4.99 Å². The number of aromatic nitrogens is 2. The highest BCUT2D eigenvalue weighted by Crippen LogP contribution is 2.19. The van der Waals surface area contributed by atoms with E-state index in [9.17, 15) is 0 Å². The second kappa shape index (κ2) is 9.96. The van der Waals surface area contributed by atoms with Crippen LogP contribution in [0.5, 0.6) is 5.75 Å². The number of nitrogens with zero attached hydrogens (tertiary/aromatic N) is 3. The predicted octanol–water partition coefficient (Wildman–Crippen LogP) is 3.30. The van der Waals surface area contributed by atoms with E-state index in [1.807, 2.05) is 12.3 Å². The average Bonchev–Trinajstić information content (AvgIpc) is 3.13. The summed E-state index contributed by atoms with van der Waals surface area (Å²) in [7, 11) is 1.71. The molecule has 0 aliphatic heterocycles. The summed E-state index contributed by atoms with van der Waals surface area (Å²) in [6, 6.07) is 10.5. The van der Waals surface area contributed by atoms with Gasteiger partial charge in [0.05, 0.1) is 12.8 Å². The molecule has 6 heteroatoms. The minimum absolute atomic E-state index is 0.691. The zero-order valence-corrected chi connectivity index (χ0v) is 17.8. The molecule has 3 rings (SSSR count). The summed E-state index contributed by atoms with van der Waals surface area (Å²) in [6.07, 6.45) is 5.84. The topological polar surface area (TPSA) is 63.0 Å². The fourth-order valence-corrected chi connectivity index (χ4v) is 3.29. The molecule has 0 amide bonds. The first-order valence-corrected chi connectivity index (χ1v) is 10.2. The lowest BCUT2D eigenvalue weighted by Crippen LogP contribution is -2.38. The molecule has 0 radical (unpaired) electrons. The molecule has 1 aromatic carbocycles. The first-order valence-electron chi connectivity index (χ1n) is 10.2. The number of aliphatic imine (C=N–C) groups is 1. The number of methoxy groups -OCH3 is 1. The van der Waals surface area contributed by atoms with Gasteiger partial charge in [0.2, 0.25) is 0 Å². The van der Waals surface area contributed by atoms with Gasteiger partial charge in [-0.25, -0.2) is 4.98 Å². The van der Waals surface area contributed by atoms with Crippen LogP contribution in [0.2, 0.25) is 0 Å². The maximum absolute atomic E-state index is 5.41. The van der Waals surface area contributed by atoms with Crippen molar-refractivity contribution in [1.82, 2.24) is 20.0 Å². The van der Waals surface area contributed by atoms with E-state index in [0.717, 1.165) is 54.5 Å². The second-order valence-electron chi connectivity index (χ2n) is 7.15. The molecule has 0 bridgehead atoms. The van der Waals surface area contributed by atoms with E-state index in [4.69, 9.17) is 14.7 Å². The maximum atomic E-state index is 5.41. The summed E-state index contributed by atoms with van der Waals surface area (Å²) in [5.74, 6) is 1.78. The zero-order valence-electron chi connectivity index (χ0n) is 17.8. The van der Waals surface area contributed by atoms with E-state index in [1.165, 1.54) is 11.1 Å². The molecule has 0 spiro atoms. The van der Waals surface area contributed by atoms with Gasteiger partial charge in [-0.2, -0.15) is 0 Å². The van der Waals surface area contributed by atoms with Gasteiger partial charge in [0.1, 0.15) is 11.4 Å². The SMILES string of the molecule is CCNC(=NCCc1cn2cccc(C)c2n1)NCCc1ccc(C)c(OC)c1. The number of hydrogen-bond acceptors (Lipinski definition) is 3. The molecule has 0 aliphatic rings. The third-order valence-electron chi connectivity index (χ3n) is 4.89. The molecular weight excluding hydrogens is 362 g/mol. The van der Waals surface area contributed by atoms with Crippen molar-refractivity contribution in [3.8, 4) is 5.75 Å². The number of hydrogen-bond donors (Lipinski definition) is 2. The second-order valence-corrected chi connectivity index (χ2v) is 7.15. The summed E-state index contributed by atoms with van der Waals surface area (Å²) in [4.78, 5) is 9.42. The zero-order chi connectivity index (χ0) is 20.6. The Morgan fingerprint density at radius 1 is 1.14 bits per heavy atom. The Kier molecular flexibility index (Phi) is 7.11. The quantitative estimate of drug-likeness (QED) is 0.455. The third kappa shape index (κ3) is 5.50. The molecule has 2 heterocycles. The summed E-state index contributed by atoms with van der Waals surface area (Å²) < 4.78 is 7.49. The fraction of sp³-hybridized carbons (Fsp3) is 0.391. The van der Waals surface area contributed by atoms with Crippen LogP contribution in [0.1, 0.15) is 29.3 Å². The monoisotopic (exact) mass is 393 g/mol. The largest absolute Gasteiger partial charge is 0.496 e. The molecule has 0 atom stereocenters. The highest BCUT2D eigenvalue weighted by Gasteiger charge is 2.05. The van der Waals surface area contributed by atoms with E-state index in [-0.39, 0.29) is 0 Å². The summed E-state index contributed by atoms with van der Waals surface area (Å²) in [6.45, 7) is 8.55. The van der Waals surface area contributed by atoms with Gasteiger partial charge in [-0.3, -0.25) is 4.99 Å². The number of aryl methyl sites for hydroxylation is 2. The highest BCUT2D eigenvalue weighted by molar-refractivity contribution is 5.79. The van der Waals surface area contributed by atoms with Crippen LogP contribution in [0.15, 0.2) is 47.7 Å². The molecule has 0 fully saturated rings. The van der Waals surface area contributed by atoms with E-state index in [1.54, 1.807) is 7.11 Å². The molecule has 6 nitrogen and oxygen atoms in total. The van der Waals surface area contributed by atoms with E-state index >= 15 is 0 Å². The number of imidazole rings is 1. The number of guanidine groups is 1. The lowest BCUT2D eigenvalue weighted by molar-refractivity contribution is 0.411. The molecule has 3 aromatic rings. The summed E-state index contributed by atoms with van der Waals surface area (Å²) >= 11 is 0. The van der Waals surface area contributed by atoms with Gasteiger partial charge in [-0.1, -0.05) is 18.2 Å². The van der Waals surface area contributed by atoms with Crippen LogP contribution in [0.3, 0.4) is 0 Å². The summed E-state index contributed by atoms with van der Waals surface area (Å²) in [5, 5.41) is 6.73. The van der Waals surface area contributed by atoms with Gasteiger partial charge in [0, 0.05) is 38.4 Å². The Hall–Kier alpha value is -3.02. The van der Waals surface area contributed by atoms with Crippen molar-refractivity contribution in [2.75, 3.05) is 26.7 Å². The van der Waals surface area contributed by atoms with Gasteiger partial charge in [-0.05, 0) is 56.0 Å². The Bertz CT molecular complexity index is 977. The molecule has 2 aromatic heterocycles. The Morgan fingerprint density at radius 3 is 2.76 bits per heavy atom. The van der Waals surface area contributed by atoms with Crippen LogP contribution in [0.25, 0.3) is 5.65 Å². The Balaban J connectivity index is 1.54. The minimum atomic E-state index is 0.691. The summed E-state index contributed by atoms with van der Waals surface area (Å²) in [5.41, 5.74) is 5.66. The molecular formula is C23H31N5O. The highest BCUT2D eigenvalue weighted by atomic mass is 16.5.